The van der Waals surface area contributed by atoms with Gasteiger partial charge < -0.3 is 5.11 Å². The van der Waals surface area contributed by atoms with E-state index in [2.05, 4.69) is 58.0 Å². The lowest BCUT2D eigenvalue weighted by atomic mass is 9.93. The Morgan fingerprint density at radius 2 is 1.47 bits per heavy atom. The third kappa shape index (κ3) is 3.05. The van der Waals surface area contributed by atoms with Gasteiger partial charge in [-0.3, -0.25) is 0 Å². The Kier molecular flexibility index (Phi) is 4.06. The van der Waals surface area contributed by atoms with Crippen molar-refractivity contribution in [2.75, 3.05) is 0 Å². The van der Waals surface area contributed by atoms with Crippen molar-refractivity contribution in [3.05, 3.63) is 69.8 Å². The molecule has 0 saturated carbocycles. The van der Waals surface area contributed by atoms with Crippen LogP contribution in [0.1, 0.15) is 39.5 Å². The van der Waals surface area contributed by atoms with Gasteiger partial charge in [0.15, 0.2) is 0 Å². The van der Waals surface area contributed by atoms with Crippen molar-refractivity contribution >= 4 is 0 Å². The second kappa shape index (κ2) is 5.58. The van der Waals surface area contributed by atoms with Gasteiger partial charge in [0.05, 0.1) is 6.10 Å². The van der Waals surface area contributed by atoms with Crippen LogP contribution in [-0.2, 0) is 6.42 Å². The molecule has 0 aliphatic carbocycles. The number of aryl methyl sites for hydroxylation is 4. The molecule has 0 saturated heterocycles. The van der Waals surface area contributed by atoms with Crippen LogP contribution in [0.5, 0.6) is 0 Å². The molecule has 0 bridgehead atoms. The summed E-state index contributed by atoms with van der Waals surface area (Å²) in [5, 5.41) is 10.5. The van der Waals surface area contributed by atoms with Gasteiger partial charge in [0.1, 0.15) is 0 Å². The van der Waals surface area contributed by atoms with Gasteiger partial charge in [0.2, 0.25) is 0 Å². The van der Waals surface area contributed by atoms with Crippen molar-refractivity contribution in [1.29, 1.82) is 0 Å². The van der Waals surface area contributed by atoms with Crippen LogP contribution < -0.4 is 0 Å². The van der Waals surface area contributed by atoms with E-state index >= 15 is 0 Å². The molecule has 1 N–H and O–H groups in total. The smallest absolute Gasteiger partial charge is 0.0835 e. The molecular weight excluding hydrogens is 232 g/mol. The van der Waals surface area contributed by atoms with Crippen molar-refractivity contribution in [3.8, 4) is 0 Å². The van der Waals surface area contributed by atoms with Gasteiger partial charge in [0, 0.05) is 6.42 Å². The van der Waals surface area contributed by atoms with Gasteiger partial charge in [-0.25, -0.2) is 0 Å². The molecule has 1 nitrogen and oxygen atoms in total. The number of benzene rings is 2. The van der Waals surface area contributed by atoms with Crippen LogP contribution in [0.4, 0.5) is 0 Å². The van der Waals surface area contributed by atoms with Gasteiger partial charge in [-0.2, -0.15) is 0 Å². The molecule has 2 aromatic rings. The van der Waals surface area contributed by atoms with E-state index in [9.17, 15) is 5.11 Å². The molecule has 100 valence electrons. The van der Waals surface area contributed by atoms with Crippen molar-refractivity contribution in [3.63, 3.8) is 0 Å². The minimum absolute atomic E-state index is 0.427. The first-order valence-corrected chi connectivity index (χ1v) is 6.79. The number of aliphatic hydroxyl groups is 1. The molecule has 1 atom stereocenters. The maximum absolute atomic E-state index is 10.5. The van der Waals surface area contributed by atoms with Gasteiger partial charge in [-0.1, -0.05) is 36.4 Å². The van der Waals surface area contributed by atoms with E-state index in [1.807, 2.05) is 6.07 Å². The van der Waals surface area contributed by atoms with Crippen LogP contribution in [-0.4, -0.2) is 5.11 Å². The van der Waals surface area contributed by atoms with Gasteiger partial charge in [-0.05, 0) is 61.1 Å². The fraction of sp³-hybridized carbons (Fsp3) is 0.333. The highest BCUT2D eigenvalue weighted by atomic mass is 16.3. The summed E-state index contributed by atoms with van der Waals surface area (Å²) in [6, 6.07) is 12.6. The normalized spacial score (nSPS) is 12.5. The van der Waals surface area contributed by atoms with E-state index in [-0.39, 0.29) is 0 Å². The molecule has 0 aliphatic heterocycles. The van der Waals surface area contributed by atoms with Crippen LogP contribution in [0.2, 0.25) is 0 Å². The highest BCUT2D eigenvalue weighted by molar-refractivity contribution is 5.37. The zero-order valence-electron chi connectivity index (χ0n) is 12.2. The van der Waals surface area contributed by atoms with Crippen LogP contribution >= 0.6 is 0 Å². The molecular formula is C18H22O. The van der Waals surface area contributed by atoms with Crippen LogP contribution in [0.3, 0.4) is 0 Å². The molecule has 0 spiro atoms. The van der Waals surface area contributed by atoms with E-state index in [1.54, 1.807) is 0 Å². The quantitative estimate of drug-likeness (QED) is 0.870. The minimum atomic E-state index is -0.427. The SMILES string of the molecule is Cc1ccc(CC(O)c2c(C)cccc2C)cc1C. The highest BCUT2D eigenvalue weighted by Gasteiger charge is 2.13. The summed E-state index contributed by atoms with van der Waals surface area (Å²) in [5.41, 5.74) is 7.17. The molecule has 1 heteroatoms. The van der Waals surface area contributed by atoms with Crippen LogP contribution in [0, 0.1) is 27.7 Å². The van der Waals surface area contributed by atoms with E-state index in [0.29, 0.717) is 6.42 Å². The molecule has 0 aromatic heterocycles. The zero-order chi connectivity index (χ0) is 14.0. The third-order valence-electron chi connectivity index (χ3n) is 3.88. The monoisotopic (exact) mass is 254 g/mol. The van der Waals surface area contributed by atoms with Gasteiger partial charge in [0.25, 0.3) is 0 Å². The standard InChI is InChI=1S/C18H22O/c1-12-8-9-16(10-15(12)4)11-17(19)18-13(2)6-5-7-14(18)3/h5-10,17,19H,11H2,1-4H3. The van der Waals surface area contributed by atoms with E-state index < -0.39 is 6.10 Å². The number of rotatable bonds is 3. The summed E-state index contributed by atoms with van der Waals surface area (Å²) in [6.07, 6.45) is 0.246. The van der Waals surface area contributed by atoms with Crippen LogP contribution in [0.15, 0.2) is 36.4 Å². The highest BCUT2D eigenvalue weighted by Crippen LogP contribution is 2.25. The van der Waals surface area contributed by atoms with Gasteiger partial charge >= 0.3 is 0 Å². The maximum atomic E-state index is 10.5. The predicted molar refractivity (Wildman–Crippen MR) is 80.5 cm³/mol. The molecule has 1 unspecified atom stereocenters. The zero-order valence-corrected chi connectivity index (χ0v) is 12.2. The Balaban J connectivity index is 2.25. The summed E-state index contributed by atoms with van der Waals surface area (Å²) in [5.74, 6) is 0. The lowest BCUT2D eigenvalue weighted by Gasteiger charge is -2.17. The second-order valence-electron chi connectivity index (χ2n) is 5.44. The van der Waals surface area contributed by atoms with Gasteiger partial charge in [-0.15, -0.1) is 0 Å². The fourth-order valence-electron chi connectivity index (χ4n) is 2.61. The Morgan fingerprint density at radius 3 is 2.05 bits per heavy atom. The summed E-state index contributed by atoms with van der Waals surface area (Å²) in [4.78, 5) is 0. The average Bonchev–Trinajstić information content (AvgIpc) is 2.33. The lowest BCUT2D eigenvalue weighted by Crippen LogP contribution is -2.06. The first-order chi connectivity index (χ1) is 8.99. The number of hydrogen-bond acceptors (Lipinski definition) is 1. The summed E-state index contributed by atoms with van der Waals surface area (Å²) in [6.45, 7) is 8.35. The van der Waals surface area contributed by atoms with E-state index in [4.69, 9.17) is 0 Å². The summed E-state index contributed by atoms with van der Waals surface area (Å²) in [7, 11) is 0. The van der Waals surface area contributed by atoms with Crippen molar-refractivity contribution in [1.82, 2.24) is 0 Å². The van der Waals surface area contributed by atoms with E-state index in [0.717, 1.165) is 16.7 Å². The summed E-state index contributed by atoms with van der Waals surface area (Å²) < 4.78 is 0. The van der Waals surface area contributed by atoms with E-state index in [1.165, 1.54) is 16.7 Å². The molecule has 0 heterocycles. The Hall–Kier alpha value is -1.60. The first-order valence-electron chi connectivity index (χ1n) is 6.79. The molecule has 0 fully saturated rings. The van der Waals surface area contributed by atoms with Crippen molar-refractivity contribution in [2.45, 2.75) is 40.2 Å². The Labute approximate surface area is 115 Å². The molecule has 2 rings (SSSR count). The molecule has 0 amide bonds. The minimum Gasteiger partial charge on any atom is -0.388 e. The van der Waals surface area contributed by atoms with Crippen molar-refractivity contribution in [2.24, 2.45) is 0 Å². The lowest BCUT2D eigenvalue weighted by molar-refractivity contribution is 0.177. The van der Waals surface area contributed by atoms with Crippen molar-refractivity contribution < 1.29 is 5.11 Å². The Morgan fingerprint density at radius 1 is 0.842 bits per heavy atom. The molecule has 19 heavy (non-hydrogen) atoms. The third-order valence-corrected chi connectivity index (χ3v) is 3.88. The number of hydrogen-bond donors (Lipinski definition) is 1. The molecule has 0 aliphatic rings. The number of aliphatic hydroxyl groups excluding tert-OH is 1. The largest absolute Gasteiger partial charge is 0.388 e. The molecule has 0 radical (unpaired) electrons. The fourth-order valence-corrected chi connectivity index (χ4v) is 2.61. The predicted octanol–water partition coefficient (Wildman–Crippen LogP) is 4.20. The second-order valence-corrected chi connectivity index (χ2v) is 5.44. The topological polar surface area (TPSA) is 20.2 Å². The van der Waals surface area contributed by atoms with Crippen LogP contribution in [0.25, 0.3) is 0 Å². The molecule has 2 aromatic carbocycles. The first kappa shape index (κ1) is 13.8. The average molecular weight is 254 g/mol. The maximum Gasteiger partial charge on any atom is 0.0835 e. The summed E-state index contributed by atoms with van der Waals surface area (Å²) >= 11 is 0. The Bertz CT molecular complexity index is 564.